The Kier molecular flexibility index (Phi) is 3.63. The number of anilines is 1. The summed E-state index contributed by atoms with van der Waals surface area (Å²) in [6.45, 7) is 3.31. The Labute approximate surface area is 103 Å². The monoisotopic (exact) mass is 229 g/mol. The van der Waals surface area contributed by atoms with Gasteiger partial charge in [0.1, 0.15) is 11.8 Å². The van der Waals surface area contributed by atoms with Gasteiger partial charge in [0.25, 0.3) is 0 Å². The normalized spacial score (nSPS) is 17.6. The van der Waals surface area contributed by atoms with Crippen LogP contribution in [-0.2, 0) is 0 Å². The molecule has 3 heteroatoms. The highest BCUT2D eigenvalue weighted by atomic mass is 14.9. The standard InChI is InChI=1S/C14H19N3/c1-2-14(7-3-4-8-14)11-17-13-6-5-12(9-15)16-10-13/h5-6,10,17H,2-4,7-8,11H2,1H3. The molecule has 3 nitrogen and oxygen atoms in total. The van der Waals surface area contributed by atoms with E-state index in [0.29, 0.717) is 11.1 Å². The maximum absolute atomic E-state index is 8.68. The Morgan fingerprint density at radius 1 is 1.41 bits per heavy atom. The van der Waals surface area contributed by atoms with Crippen LogP contribution in [0.5, 0.6) is 0 Å². The van der Waals surface area contributed by atoms with Gasteiger partial charge >= 0.3 is 0 Å². The molecule has 17 heavy (non-hydrogen) atoms. The van der Waals surface area contributed by atoms with Crippen molar-refractivity contribution < 1.29 is 0 Å². The first kappa shape index (κ1) is 11.9. The summed E-state index contributed by atoms with van der Waals surface area (Å²) in [5.41, 5.74) is 1.97. The van der Waals surface area contributed by atoms with Gasteiger partial charge in [0.2, 0.25) is 0 Å². The van der Waals surface area contributed by atoms with E-state index >= 15 is 0 Å². The van der Waals surface area contributed by atoms with Crippen molar-refractivity contribution in [2.45, 2.75) is 39.0 Å². The van der Waals surface area contributed by atoms with Gasteiger partial charge in [0, 0.05) is 6.54 Å². The van der Waals surface area contributed by atoms with Crippen LogP contribution < -0.4 is 5.32 Å². The number of nitrogens with one attached hydrogen (secondary N) is 1. The second-order valence-corrected chi connectivity index (χ2v) is 4.96. The number of nitriles is 1. The first-order valence-corrected chi connectivity index (χ1v) is 6.38. The number of hydrogen-bond acceptors (Lipinski definition) is 3. The molecule has 1 N–H and O–H groups in total. The molecule has 0 bridgehead atoms. The maximum atomic E-state index is 8.68. The van der Waals surface area contributed by atoms with Gasteiger partial charge in [-0.3, -0.25) is 0 Å². The molecule has 1 aliphatic rings. The molecule has 1 fully saturated rings. The number of pyridine rings is 1. The van der Waals surface area contributed by atoms with E-state index < -0.39 is 0 Å². The van der Waals surface area contributed by atoms with Crippen molar-refractivity contribution in [1.82, 2.24) is 4.98 Å². The van der Waals surface area contributed by atoms with Gasteiger partial charge in [-0.25, -0.2) is 4.98 Å². The molecule has 0 radical (unpaired) electrons. The lowest BCUT2D eigenvalue weighted by Gasteiger charge is -2.28. The third kappa shape index (κ3) is 2.76. The number of aromatic nitrogens is 1. The first-order chi connectivity index (χ1) is 8.28. The fraction of sp³-hybridized carbons (Fsp3) is 0.571. The third-order valence-electron chi connectivity index (χ3n) is 3.96. The van der Waals surface area contributed by atoms with Crippen LogP contribution in [0.1, 0.15) is 44.7 Å². The highest BCUT2D eigenvalue weighted by Gasteiger charge is 2.31. The Balaban J connectivity index is 1.94. The molecule has 0 spiro atoms. The van der Waals surface area contributed by atoms with Crippen LogP contribution >= 0.6 is 0 Å². The number of rotatable bonds is 4. The van der Waals surface area contributed by atoms with E-state index in [4.69, 9.17) is 5.26 Å². The highest BCUT2D eigenvalue weighted by Crippen LogP contribution is 2.40. The second kappa shape index (κ2) is 5.18. The fourth-order valence-corrected chi connectivity index (χ4v) is 2.63. The topological polar surface area (TPSA) is 48.7 Å². The summed E-state index contributed by atoms with van der Waals surface area (Å²) in [7, 11) is 0. The molecule has 0 amide bonds. The van der Waals surface area contributed by atoms with Crippen molar-refractivity contribution in [3.63, 3.8) is 0 Å². The molecular weight excluding hydrogens is 210 g/mol. The average Bonchev–Trinajstić information content (AvgIpc) is 2.86. The van der Waals surface area contributed by atoms with Crippen LogP contribution in [0.25, 0.3) is 0 Å². The second-order valence-electron chi connectivity index (χ2n) is 4.96. The lowest BCUT2D eigenvalue weighted by Crippen LogP contribution is -2.25. The fourth-order valence-electron chi connectivity index (χ4n) is 2.63. The molecule has 1 heterocycles. The Hall–Kier alpha value is -1.56. The lowest BCUT2D eigenvalue weighted by molar-refractivity contribution is 0.307. The quantitative estimate of drug-likeness (QED) is 0.861. The van der Waals surface area contributed by atoms with E-state index in [9.17, 15) is 0 Å². The zero-order valence-electron chi connectivity index (χ0n) is 10.4. The van der Waals surface area contributed by atoms with Crippen molar-refractivity contribution in [1.29, 1.82) is 5.26 Å². The molecule has 1 aliphatic carbocycles. The predicted octanol–water partition coefficient (Wildman–Crippen LogP) is 3.34. The van der Waals surface area contributed by atoms with Gasteiger partial charge in [-0.05, 0) is 36.8 Å². The molecule has 90 valence electrons. The Bertz CT molecular complexity index is 396. The summed E-state index contributed by atoms with van der Waals surface area (Å²) >= 11 is 0. The summed E-state index contributed by atoms with van der Waals surface area (Å²) in [5, 5.41) is 12.1. The van der Waals surface area contributed by atoms with Crippen LogP contribution in [0.4, 0.5) is 5.69 Å². The van der Waals surface area contributed by atoms with Gasteiger partial charge < -0.3 is 5.32 Å². The van der Waals surface area contributed by atoms with Crippen molar-refractivity contribution >= 4 is 5.69 Å². The molecule has 0 unspecified atom stereocenters. The highest BCUT2D eigenvalue weighted by molar-refractivity contribution is 5.42. The van der Waals surface area contributed by atoms with Crippen LogP contribution in [0.15, 0.2) is 18.3 Å². The van der Waals surface area contributed by atoms with Crippen molar-refractivity contribution in [3.05, 3.63) is 24.0 Å². The van der Waals surface area contributed by atoms with Crippen LogP contribution in [0.2, 0.25) is 0 Å². The average molecular weight is 229 g/mol. The van der Waals surface area contributed by atoms with Crippen LogP contribution in [-0.4, -0.2) is 11.5 Å². The van der Waals surface area contributed by atoms with E-state index in [-0.39, 0.29) is 0 Å². The summed E-state index contributed by atoms with van der Waals surface area (Å²) in [5.74, 6) is 0. The van der Waals surface area contributed by atoms with E-state index in [1.54, 1.807) is 12.3 Å². The van der Waals surface area contributed by atoms with Crippen LogP contribution in [0, 0.1) is 16.7 Å². The Morgan fingerprint density at radius 3 is 2.71 bits per heavy atom. The SMILES string of the molecule is CCC1(CNc2ccc(C#N)nc2)CCCC1. The van der Waals surface area contributed by atoms with E-state index in [2.05, 4.69) is 17.2 Å². The minimum absolute atomic E-state index is 0.474. The molecule has 0 saturated heterocycles. The molecular formula is C14H19N3. The van der Waals surface area contributed by atoms with Gasteiger partial charge in [-0.2, -0.15) is 5.26 Å². The third-order valence-corrected chi connectivity index (χ3v) is 3.96. The largest absolute Gasteiger partial charge is 0.383 e. The minimum atomic E-state index is 0.474. The summed E-state index contributed by atoms with van der Waals surface area (Å²) in [6.07, 6.45) is 8.38. The van der Waals surface area contributed by atoms with E-state index in [0.717, 1.165) is 12.2 Å². The molecule has 1 aromatic rings. The zero-order chi connectivity index (χ0) is 12.1. The number of nitrogens with zero attached hydrogens (tertiary/aromatic N) is 2. The summed E-state index contributed by atoms with van der Waals surface area (Å²) in [4.78, 5) is 4.07. The van der Waals surface area contributed by atoms with Crippen molar-refractivity contribution in [3.8, 4) is 6.07 Å². The summed E-state index contributed by atoms with van der Waals surface area (Å²) < 4.78 is 0. The molecule has 0 aliphatic heterocycles. The number of hydrogen-bond donors (Lipinski definition) is 1. The molecule has 0 aromatic carbocycles. The smallest absolute Gasteiger partial charge is 0.140 e. The zero-order valence-corrected chi connectivity index (χ0v) is 10.4. The van der Waals surface area contributed by atoms with Gasteiger partial charge in [-0.1, -0.05) is 19.8 Å². The molecule has 1 saturated carbocycles. The predicted molar refractivity (Wildman–Crippen MR) is 68.6 cm³/mol. The molecule has 1 aromatic heterocycles. The van der Waals surface area contributed by atoms with Crippen molar-refractivity contribution in [2.75, 3.05) is 11.9 Å². The first-order valence-electron chi connectivity index (χ1n) is 6.38. The van der Waals surface area contributed by atoms with Gasteiger partial charge in [0.05, 0.1) is 11.9 Å². The summed E-state index contributed by atoms with van der Waals surface area (Å²) in [6, 6.07) is 5.73. The lowest BCUT2D eigenvalue weighted by atomic mass is 9.83. The maximum Gasteiger partial charge on any atom is 0.140 e. The Morgan fingerprint density at radius 2 is 2.18 bits per heavy atom. The van der Waals surface area contributed by atoms with Crippen molar-refractivity contribution in [2.24, 2.45) is 5.41 Å². The molecule has 2 rings (SSSR count). The van der Waals surface area contributed by atoms with Gasteiger partial charge in [0.15, 0.2) is 0 Å². The molecule has 0 atom stereocenters. The van der Waals surface area contributed by atoms with E-state index in [1.165, 1.54) is 32.1 Å². The van der Waals surface area contributed by atoms with Crippen LogP contribution in [0.3, 0.4) is 0 Å². The van der Waals surface area contributed by atoms with Gasteiger partial charge in [-0.15, -0.1) is 0 Å². The minimum Gasteiger partial charge on any atom is -0.383 e. The van der Waals surface area contributed by atoms with E-state index in [1.807, 2.05) is 12.1 Å².